The molecule has 1 aromatic heterocycles. The third kappa shape index (κ3) is 6.96. The van der Waals surface area contributed by atoms with Crippen LogP contribution >= 0.6 is 0 Å². The van der Waals surface area contributed by atoms with E-state index in [1.165, 1.54) is 29.2 Å². The molecule has 2 aliphatic heterocycles. The second kappa shape index (κ2) is 12.3. The van der Waals surface area contributed by atoms with Crippen LogP contribution in [0.2, 0.25) is 0 Å². The Morgan fingerprint density at radius 1 is 0.923 bits per heavy atom. The highest BCUT2D eigenvalue weighted by Crippen LogP contribution is 2.33. The van der Waals surface area contributed by atoms with Crippen molar-refractivity contribution in [2.24, 2.45) is 0 Å². The van der Waals surface area contributed by atoms with Gasteiger partial charge >= 0.3 is 0 Å². The van der Waals surface area contributed by atoms with Crippen LogP contribution in [0.5, 0.6) is 11.5 Å². The van der Waals surface area contributed by atoms with Gasteiger partial charge in [-0.25, -0.2) is 4.39 Å². The molecule has 0 N–H and O–H groups in total. The molecule has 0 unspecified atom stereocenters. The number of nitrogens with zero attached hydrogens (tertiary/aromatic N) is 3. The van der Waals surface area contributed by atoms with Crippen LogP contribution in [-0.2, 0) is 22.6 Å². The van der Waals surface area contributed by atoms with Gasteiger partial charge in [-0.2, -0.15) is 0 Å². The summed E-state index contributed by atoms with van der Waals surface area (Å²) in [6.45, 7) is 6.15. The molecule has 2 aromatic carbocycles. The lowest BCUT2D eigenvalue weighted by Crippen LogP contribution is -2.47. The molecule has 39 heavy (non-hydrogen) atoms. The molecule has 1 fully saturated rings. The van der Waals surface area contributed by atoms with E-state index in [1.54, 1.807) is 4.90 Å². The molecule has 0 atom stereocenters. The standard InChI is InChI=1S/C29H32FN3O6/c1-21-2-8-25(39-21)18-33(17-22-3-9-26-27(16-22)38-20-37-26)28(34)19-32(11-10-31-12-14-36-15-13-31)29(35)23-4-6-24(30)7-5-23/h2-9,16H,10-15,17-20H2,1H3. The summed E-state index contributed by atoms with van der Waals surface area (Å²) in [5.41, 5.74) is 1.19. The number of carbonyl (C=O) groups is 2. The van der Waals surface area contributed by atoms with Crippen LogP contribution in [0.1, 0.15) is 27.4 Å². The number of ether oxygens (including phenoxy) is 3. The maximum Gasteiger partial charge on any atom is 0.254 e. The van der Waals surface area contributed by atoms with E-state index >= 15 is 0 Å². The Kier molecular flexibility index (Phi) is 8.43. The van der Waals surface area contributed by atoms with Crippen molar-refractivity contribution in [1.29, 1.82) is 0 Å². The lowest BCUT2D eigenvalue weighted by atomic mass is 10.1. The van der Waals surface area contributed by atoms with Gasteiger partial charge in [-0.3, -0.25) is 14.5 Å². The summed E-state index contributed by atoms with van der Waals surface area (Å²) in [6.07, 6.45) is 0. The first-order valence-corrected chi connectivity index (χ1v) is 13.0. The summed E-state index contributed by atoms with van der Waals surface area (Å²) in [4.78, 5) is 32.7. The average molecular weight is 538 g/mol. The van der Waals surface area contributed by atoms with Crippen LogP contribution in [0, 0.1) is 12.7 Å². The minimum absolute atomic E-state index is 0.134. The van der Waals surface area contributed by atoms with Gasteiger partial charge in [0.05, 0.1) is 19.8 Å². The summed E-state index contributed by atoms with van der Waals surface area (Å²) < 4.78 is 35.6. The van der Waals surface area contributed by atoms with Crippen LogP contribution < -0.4 is 9.47 Å². The van der Waals surface area contributed by atoms with Crippen LogP contribution in [0.15, 0.2) is 59.0 Å². The third-order valence-electron chi connectivity index (χ3n) is 6.80. The van der Waals surface area contributed by atoms with E-state index in [0.717, 1.165) is 24.4 Å². The summed E-state index contributed by atoms with van der Waals surface area (Å²) >= 11 is 0. The molecule has 0 spiro atoms. The average Bonchev–Trinajstić information content (AvgIpc) is 3.59. The second-order valence-corrected chi connectivity index (χ2v) is 9.64. The maximum absolute atomic E-state index is 13.8. The van der Waals surface area contributed by atoms with E-state index in [4.69, 9.17) is 18.6 Å². The van der Waals surface area contributed by atoms with Gasteiger partial charge in [0.25, 0.3) is 5.91 Å². The van der Waals surface area contributed by atoms with Crippen molar-refractivity contribution in [2.75, 3.05) is 52.7 Å². The Morgan fingerprint density at radius 2 is 1.69 bits per heavy atom. The predicted molar refractivity (Wildman–Crippen MR) is 140 cm³/mol. The monoisotopic (exact) mass is 537 g/mol. The lowest BCUT2D eigenvalue weighted by Gasteiger charge is -2.31. The number of benzene rings is 2. The first kappa shape index (κ1) is 26.7. The minimum atomic E-state index is -0.425. The summed E-state index contributed by atoms with van der Waals surface area (Å²) in [6, 6.07) is 14.7. The van der Waals surface area contributed by atoms with Crippen molar-refractivity contribution in [3.63, 3.8) is 0 Å². The minimum Gasteiger partial charge on any atom is -0.464 e. The van der Waals surface area contributed by atoms with Crippen molar-refractivity contribution in [3.8, 4) is 11.5 Å². The quantitative estimate of drug-likeness (QED) is 0.392. The van der Waals surface area contributed by atoms with Crippen LogP contribution in [-0.4, -0.2) is 79.2 Å². The fraction of sp³-hybridized carbons (Fsp3) is 0.379. The largest absolute Gasteiger partial charge is 0.464 e. The van der Waals surface area contributed by atoms with Crippen LogP contribution in [0.25, 0.3) is 0 Å². The number of fused-ring (bicyclic) bond motifs is 1. The molecule has 0 aliphatic carbocycles. The van der Waals surface area contributed by atoms with E-state index in [9.17, 15) is 14.0 Å². The van der Waals surface area contributed by atoms with Gasteiger partial charge in [-0.15, -0.1) is 0 Å². The molecular weight excluding hydrogens is 505 g/mol. The molecule has 0 bridgehead atoms. The SMILES string of the molecule is Cc1ccc(CN(Cc2ccc3c(c2)OCO3)C(=O)CN(CCN2CCOCC2)C(=O)c2ccc(F)cc2)o1. The third-order valence-corrected chi connectivity index (χ3v) is 6.80. The first-order valence-electron chi connectivity index (χ1n) is 13.0. The highest BCUT2D eigenvalue weighted by atomic mass is 19.1. The number of rotatable bonds is 10. The van der Waals surface area contributed by atoms with Crippen molar-refractivity contribution >= 4 is 11.8 Å². The van der Waals surface area contributed by atoms with Crippen LogP contribution in [0.3, 0.4) is 0 Å². The molecule has 2 amide bonds. The van der Waals surface area contributed by atoms with E-state index in [2.05, 4.69) is 4.90 Å². The van der Waals surface area contributed by atoms with Gasteiger partial charge in [-0.05, 0) is 61.0 Å². The zero-order valence-electron chi connectivity index (χ0n) is 21.9. The topological polar surface area (TPSA) is 84.7 Å². The number of hydrogen-bond acceptors (Lipinski definition) is 7. The number of amides is 2. The number of hydrogen-bond donors (Lipinski definition) is 0. The van der Waals surface area contributed by atoms with Gasteiger partial charge in [-0.1, -0.05) is 6.07 Å². The van der Waals surface area contributed by atoms with Gasteiger partial charge < -0.3 is 28.4 Å². The second-order valence-electron chi connectivity index (χ2n) is 9.64. The lowest BCUT2D eigenvalue weighted by molar-refractivity contribution is -0.133. The van der Waals surface area contributed by atoms with E-state index in [1.807, 2.05) is 37.3 Å². The van der Waals surface area contributed by atoms with Crippen molar-refractivity contribution in [1.82, 2.24) is 14.7 Å². The highest BCUT2D eigenvalue weighted by Gasteiger charge is 2.25. The molecule has 3 aromatic rings. The van der Waals surface area contributed by atoms with E-state index < -0.39 is 5.82 Å². The molecule has 9 nitrogen and oxygen atoms in total. The van der Waals surface area contributed by atoms with Gasteiger partial charge in [0.1, 0.15) is 23.9 Å². The summed E-state index contributed by atoms with van der Waals surface area (Å²) in [5.74, 6) is 1.70. The van der Waals surface area contributed by atoms with Gasteiger partial charge in [0, 0.05) is 38.3 Å². The Morgan fingerprint density at radius 3 is 2.44 bits per heavy atom. The van der Waals surface area contributed by atoms with Crippen molar-refractivity contribution in [3.05, 3.63) is 83.1 Å². The van der Waals surface area contributed by atoms with Crippen molar-refractivity contribution < 1.29 is 32.6 Å². The number of aryl methyl sites for hydroxylation is 1. The molecule has 2 aliphatic rings. The fourth-order valence-corrected chi connectivity index (χ4v) is 4.63. The van der Waals surface area contributed by atoms with Gasteiger partial charge in [0.15, 0.2) is 11.5 Å². The number of furan rings is 1. The van der Waals surface area contributed by atoms with Gasteiger partial charge in [0.2, 0.25) is 12.7 Å². The van der Waals surface area contributed by atoms with Crippen LogP contribution in [0.4, 0.5) is 4.39 Å². The Bertz CT molecular complexity index is 1290. The molecule has 0 saturated carbocycles. The first-order chi connectivity index (χ1) is 18.9. The number of carbonyl (C=O) groups excluding carboxylic acids is 2. The molecule has 10 heteroatoms. The Hall–Kier alpha value is -3.89. The predicted octanol–water partition coefficient (Wildman–Crippen LogP) is 3.46. The molecular formula is C29H32FN3O6. The molecule has 0 radical (unpaired) electrons. The summed E-state index contributed by atoms with van der Waals surface area (Å²) in [5, 5.41) is 0. The Balaban J connectivity index is 1.35. The molecule has 5 rings (SSSR count). The van der Waals surface area contributed by atoms with E-state index in [-0.39, 0.29) is 38.2 Å². The van der Waals surface area contributed by atoms with E-state index in [0.29, 0.717) is 49.1 Å². The molecule has 206 valence electrons. The highest BCUT2D eigenvalue weighted by molar-refractivity contribution is 5.96. The summed E-state index contributed by atoms with van der Waals surface area (Å²) in [7, 11) is 0. The van der Waals surface area contributed by atoms with Crippen molar-refractivity contribution in [2.45, 2.75) is 20.0 Å². The normalized spacial score (nSPS) is 14.8. The Labute approximate surface area is 226 Å². The fourth-order valence-electron chi connectivity index (χ4n) is 4.63. The maximum atomic E-state index is 13.8. The zero-order valence-corrected chi connectivity index (χ0v) is 21.9. The molecule has 1 saturated heterocycles. The molecule has 3 heterocycles. The number of halogens is 1. The smallest absolute Gasteiger partial charge is 0.254 e. The zero-order chi connectivity index (χ0) is 27.2. The number of morpholine rings is 1.